The van der Waals surface area contributed by atoms with Crippen molar-refractivity contribution < 1.29 is 15.0 Å². The standard InChI is InChI=1S/C14H16N2O3/c1-2-9(8-17)16-13-10-5-3-4-6-12(10)15-7-11(13)14(18)19/h3-7,9,17H,2,8H2,1H3,(H,15,16)(H,18,19). The number of nitrogens with zero attached hydrogens (tertiary/aromatic N) is 1. The van der Waals surface area contributed by atoms with Crippen LogP contribution in [0.25, 0.3) is 10.9 Å². The van der Waals surface area contributed by atoms with E-state index in [9.17, 15) is 15.0 Å². The van der Waals surface area contributed by atoms with E-state index in [1.54, 1.807) is 0 Å². The van der Waals surface area contributed by atoms with E-state index in [1.165, 1.54) is 6.20 Å². The number of carboxylic acid groups (broad SMARTS) is 1. The lowest BCUT2D eigenvalue weighted by Crippen LogP contribution is -2.24. The second kappa shape index (κ2) is 5.67. The summed E-state index contributed by atoms with van der Waals surface area (Å²) in [5.74, 6) is -1.03. The molecule has 1 aromatic carbocycles. The molecule has 0 saturated heterocycles. The van der Waals surface area contributed by atoms with Crippen molar-refractivity contribution in [2.75, 3.05) is 11.9 Å². The van der Waals surface area contributed by atoms with E-state index in [-0.39, 0.29) is 18.2 Å². The van der Waals surface area contributed by atoms with E-state index in [2.05, 4.69) is 10.3 Å². The lowest BCUT2D eigenvalue weighted by atomic mass is 10.1. The smallest absolute Gasteiger partial charge is 0.339 e. The molecule has 3 N–H and O–H groups in total. The van der Waals surface area contributed by atoms with Gasteiger partial charge in [-0.1, -0.05) is 25.1 Å². The molecule has 2 rings (SSSR count). The fourth-order valence-corrected chi connectivity index (χ4v) is 1.94. The lowest BCUT2D eigenvalue weighted by molar-refractivity contribution is 0.0697. The predicted octanol–water partition coefficient (Wildman–Crippen LogP) is 2.12. The number of rotatable bonds is 5. The maximum atomic E-state index is 11.3. The average Bonchev–Trinajstić information content (AvgIpc) is 2.44. The number of benzene rings is 1. The summed E-state index contributed by atoms with van der Waals surface area (Å²) >= 11 is 0. The number of pyridine rings is 1. The number of para-hydroxylation sites is 1. The Bertz CT molecular complexity index is 594. The molecule has 0 bridgehead atoms. The first kappa shape index (κ1) is 13.3. The Morgan fingerprint density at radius 2 is 2.16 bits per heavy atom. The third kappa shape index (κ3) is 2.66. The first-order valence-electron chi connectivity index (χ1n) is 6.15. The molecule has 5 heteroatoms. The van der Waals surface area contributed by atoms with Crippen molar-refractivity contribution in [3.63, 3.8) is 0 Å². The van der Waals surface area contributed by atoms with Crippen LogP contribution in [0.15, 0.2) is 30.5 Å². The molecule has 0 radical (unpaired) electrons. The van der Waals surface area contributed by atoms with E-state index in [0.717, 1.165) is 10.9 Å². The fraction of sp³-hybridized carbons (Fsp3) is 0.286. The summed E-state index contributed by atoms with van der Waals surface area (Å²) in [6.07, 6.45) is 2.04. The molecule has 0 amide bonds. The molecule has 5 nitrogen and oxygen atoms in total. The molecular formula is C14H16N2O3. The number of nitrogens with one attached hydrogen (secondary N) is 1. The molecule has 0 saturated carbocycles. The van der Waals surface area contributed by atoms with Gasteiger partial charge in [-0.25, -0.2) is 4.79 Å². The van der Waals surface area contributed by atoms with Crippen LogP contribution >= 0.6 is 0 Å². The third-order valence-electron chi connectivity index (χ3n) is 3.07. The van der Waals surface area contributed by atoms with Gasteiger partial charge in [-0.15, -0.1) is 0 Å². The Kier molecular flexibility index (Phi) is 3.97. The van der Waals surface area contributed by atoms with Crippen LogP contribution in [0.3, 0.4) is 0 Å². The fourth-order valence-electron chi connectivity index (χ4n) is 1.94. The zero-order chi connectivity index (χ0) is 13.8. The number of carbonyl (C=O) groups is 1. The monoisotopic (exact) mass is 260 g/mol. The van der Waals surface area contributed by atoms with E-state index in [0.29, 0.717) is 12.1 Å². The molecule has 100 valence electrons. The number of fused-ring (bicyclic) bond motifs is 1. The summed E-state index contributed by atoms with van der Waals surface area (Å²) in [7, 11) is 0. The molecule has 1 heterocycles. The van der Waals surface area contributed by atoms with Gasteiger partial charge in [0.1, 0.15) is 5.56 Å². The minimum absolute atomic E-state index is 0.0494. The Morgan fingerprint density at radius 3 is 2.79 bits per heavy atom. The largest absolute Gasteiger partial charge is 0.478 e. The molecule has 19 heavy (non-hydrogen) atoms. The highest BCUT2D eigenvalue weighted by molar-refractivity contribution is 6.04. The molecule has 1 aromatic heterocycles. The van der Waals surface area contributed by atoms with Crippen molar-refractivity contribution in [1.29, 1.82) is 0 Å². The Labute approximate surface area is 110 Å². The van der Waals surface area contributed by atoms with Crippen LogP contribution in [0.5, 0.6) is 0 Å². The number of aromatic nitrogens is 1. The second-order valence-electron chi connectivity index (χ2n) is 4.30. The molecular weight excluding hydrogens is 244 g/mol. The lowest BCUT2D eigenvalue weighted by Gasteiger charge is -2.18. The van der Waals surface area contributed by atoms with Gasteiger partial charge in [-0.2, -0.15) is 0 Å². The quantitative estimate of drug-likeness (QED) is 0.767. The van der Waals surface area contributed by atoms with Crippen molar-refractivity contribution in [2.24, 2.45) is 0 Å². The van der Waals surface area contributed by atoms with Crippen LogP contribution in [0.1, 0.15) is 23.7 Å². The molecule has 0 aliphatic carbocycles. The van der Waals surface area contributed by atoms with Crippen LogP contribution in [0.2, 0.25) is 0 Å². The minimum atomic E-state index is -1.03. The van der Waals surface area contributed by atoms with Crippen LogP contribution in [0, 0.1) is 0 Å². The highest BCUT2D eigenvalue weighted by Crippen LogP contribution is 2.26. The summed E-state index contributed by atoms with van der Waals surface area (Å²) in [4.78, 5) is 15.4. The normalized spacial score (nSPS) is 12.3. The van der Waals surface area contributed by atoms with Gasteiger partial charge >= 0.3 is 5.97 Å². The van der Waals surface area contributed by atoms with Crippen LogP contribution in [-0.4, -0.2) is 33.8 Å². The zero-order valence-corrected chi connectivity index (χ0v) is 10.6. The van der Waals surface area contributed by atoms with Crippen molar-refractivity contribution in [3.05, 3.63) is 36.0 Å². The zero-order valence-electron chi connectivity index (χ0n) is 10.6. The van der Waals surface area contributed by atoms with Gasteiger partial charge in [-0.3, -0.25) is 4.98 Å². The summed E-state index contributed by atoms with van der Waals surface area (Å²) in [5, 5.41) is 22.3. The van der Waals surface area contributed by atoms with Crippen molar-refractivity contribution in [2.45, 2.75) is 19.4 Å². The van der Waals surface area contributed by atoms with Crippen molar-refractivity contribution >= 4 is 22.6 Å². The summed E-state index contributed by atoms with van der Waals surface area (Å²) in [5.41, 5.74) is 1.35. The SMILES string of the molecule is CCC(CO)Nc1c(C(=O)O)cnc2ccccc12. The molecule has 1 atom stereocenters. The molecule has 0 fully saturated rings. The van der Waals surface area contributed by atoms with E-state index in [1.807, 2.05) is 31.2 Å². The van der Waals surface area contributed by atoms with Gasteiger partial charge in [0, 0.05) is 17.6 Å². The number of aliphatic hydroxyl groups is 1. The Morgan fingerprint density at radius 1 is 1.42 bits per heavy atom. The minimum Gasteiger partial charge on any atom is -0.478 e. The summed E-state index contributed by atoms with van der Waals surface area (Å²) < 4.78 is 0. The molecule has 2 aromatic rings. The molecule has 1 unspecified atom stereocenters. The highest BCUT2D eigenvalue weighted by Gasteiger charge is 2.16. The number of carboxylic acids is 1. The van der Waals surface area contributed by atoms with Gasteiger partial charge < -0.3 is 15.5 Å². The number of hydrogen-bond donors (Lipinski definition) is 3. The molecule has 0 aliphatic heterocycles. The van der Waals surface area contributed by atoms with Crippen molar-refractivity contribution in [3.8, 4) is 0 Å². The number of anilines is 1. The van der Waals surface area contributed by atoms with Crippen LogP contribution in [-0.2, 0) is 0 Å². The molecule has 0 aliphatic rings. The highest BCUT2D eigenvalue weighted by atomic mass is 16.4. The van der Waals surface area contributed by atoms with Gasteiger partial charge in [0.05, 0.1) is 17.8 Å². The molecule has 0 spiro atoms. The number of hydrogen-bond acceptors (Lipinski definition) is 4. The van der Waals surface area contributed by atoms with E-state index >= 15 is 0 Å². The van der Waals surface area contributed by atoms with Crippen molar-refractivity contribution in [1.82, 2.24) is 4.98 Å². The van der Waals surface area contributed by atoms with Gasteiger partial charge in [0.25, 0.3) is 0 Å². The maximum absolute atomic E-state index is 11.3. The van der Waals surface area contributed by atoms with Crippen LogP contribution < -0.4 is 5.32 Å². The predicted molar refractivity (Wildman–Crippen MR) is 73.5 cm³/mol. The van der Waals surface area contributed by atoms with Crippen LogP contribution in [0.4, 0.5) is 5.69 Å². The average molecular weight is 260 g/mol. The van der Waals surface area contributed by atoms with Gasteiger partial charge in [-0.05, 0) is 12.5 Å². The summed E-state index contributed by atoms with van der Waals surface area (Å²) in [6, 6.07) is 7.15. The van der Waals surface area contributed by atoms with E-state index < -0.39 is 5.97 Å². The topological polar surface area (TPSA) is 82.5 Å². The summed E-state index contributed by atoms with van der Waals surface area (Å²) in [6.45, 7) is 1.88. The van der Waals surface area contributed by atoms with Gasteiger partial charge in [0.15, 0.2) is 0 Å². The van der Waals surface area contributed by atoms with E-state index in [4.69, 9.17) is 0 Å². The number of aromatic carboxylic acids is 1. The number of aliphatic hydroxyl groups excluding tert-OH is 1. The first-order valence-corrected chi connectivity index (χ1v) is 6.15. The second-order valence-corrected chi connectivity index (χ2v) is 4.30. The Balaban J connectivity index is 2.58. The Hall–Kier alpha value is -2.14. The first-order chi connectivity index (χ1) is 9.17. The third-order valence-corrected chi connectivity index (χ3v) is 3.07. The van der Waals surface area contributed by atoms with Gasteiger partial charge in [0.2, 0.25) is 0 Å². The maximum Gasteiger partial charge on any atom is 0.339 e.